The molecule has 4 saturated carbocycles. The van der Waals surface area contributed by atoms with E-state index in [4.69, 9.17) is 9.47 Å². The van der Waals surface area contributed by atoms with Gasteiger partial charge in [0.05, 0.1) is 37.2 Å². The molecule has 0 aromatic heterocycles. The fraction of sp³-hybridized carbons (Fsp3) is 0.800. The Morgan fingerprint density at radius 1 is 1.14 bits per heavy atom. The smallest absolute Gasteiger partial charge is 0.165 e. The topological polar surface area (TPSA) is 58.9 Å². The van der Waals surface area contributed by atoms with E-state index in [0.29, 0.717) is 11.8 Å². The first-order valence-corrected chi connectivity index (χ1v) is 14.0. The van der Waals surface area contributed by atoms with Crippen molar-refractivity contribution in [3.63, 3.8) is 0 Å². The number of hydrogen-bond acceptors (Lipinski definition) is 4. The molecule has 1 saturated heterocycles. The van der Waals surface area contributed by atoms with Crippen molar-refractivity contribution in [2.45, 2.75) is 101 Å². The van der Waals surface area contributed by atoms with Gasteiger partial charge in [0.2, 0.25) is 0 Å². The van der Waals surface area contributed by atoms with Gasteiger partial charge in [0.1, 0.15) is 11.7 Å². The summed E-state index contributed by atoms with van der Waals surface area (Å²) in [5.41, 5.74) is 0.817. The van der Waals surface area contributed by atoms with Crippen LogP contribution in [-0.2, 0) is 16.6 Å². The Morgan fingerprint density at radius 3 is 2.54 bits per heavy atom. The Bertz CT molecular complexity index is 1100. The van der Waals surface area contributed by atoms with Gasteiger partial charge in [-0.2, -0.15) is 0 Å². The summed E-state index contributed by atoms with van der Waals surface area (Å²) in [5.74, 6) is 1.83. The van der Waals surface area contributed by atoms with Crippen molar-refractivity contribution in [2.75, 3.05) is 27.2 Å². The molecule has 8 rings (SSSR count). The summed E-state index contributed by atoms with van der Waals surface area (Å²) in [6.07, 6.45) is 7.74. The Morgan fingerprint density at radius 2 is 1.89 bits per heavy atom. The lowest BCUT2D eigenvalue weighted by Crippen LogP contribution is -2.85. The number of nitrogens with zero attached hydrogens (tertiary/aromatic N) is 1. The molecule has 2 spiro atoms. The number of piperidine rings is 1. The quantitative estimate of drug-likeness (QED) is 0.618. The molecule has 1 aromatic rings. The SMILES string of the molecule is CO[C@]12CC[C@]3(C[C@H]1C(C)(O)C(C)(C)C)[C@@H]1Cc4ccc(O)c5c4[C@]3(CC[N@@+]1(C)CC1CC1)[C@@H]2O5. The number of rotatable bonds is 4. The van der Waals surface area contributed by atoms with Crippen LogP contribution in [0.1, 0.15) is 77.3 Å². The third-order valence-electron chi connectivity index (χ3n) is 12.6. The van der Waals surface area contributed by atoms with Gasteiger partial charge in [-0.1, -0.05) is 26.8 Å². The van der Waals surface area contributed by atoms with E-state index in [1.165, 1.54) is 30.5 Å². The molecule has 0 radical (unpaired) electrons. The number of phenols is 1. The largest absolute Gasteiger partial charge is 0.504 e. The van der Waals surface area contributed by atoms with Crippen molar-refractivity contribution in [3.05, 3.63) is 23.3 Å². The molecule has 5 aliphatic carbocycles. The van der Waals surface area contributed by atoms with Crippen molar-refractivity contribution in [1.29, 1.82) is 0 Å². The van der Waals surface area contributed by atoms with Gasteiger partial charge in [0.25, 0.3) is 0 Å². The van der Waals surface area contributed by atoms with E-state index >= 15 is 0 Å². The number of benzene rings is 1. The zero-order valence-electron chi connectivity index (χ0n) is 22.5. The molecule has 5 heteroatoms. The molecular weight excluding hydrogens is 438 g/mol. The normalized spacial score (nSPS) is 46.7. The molecule has 2 N–H and O–H groups in total. The van der Waals surface area contributed by atoms with Crippen LogP contribution in [0.5, 0.6) is 11.5 Å². The third kappa shape index (κ3) is 2.38. The predicted octanol–water partition coefficient (Wildman–Crippen LogP) is 4.56. The molecule has 192 valence electrons. The van der Waals surface area contributed by atoms with E-state index in [1.807, 2.05) is 20.1 Å². The molecule has 0 amide bonds. The molecular formula is C30H44NO4+. The molecule has 8 atom stereocenters. The van der Waals surface area contributed by atoms with Crippen LogP contribution in [0.4, 0.5) is 0 Å². The second-order valence-corrected chi connectivity index (χ2v) is 14.7. The lowest BCUT2D eigenvalue weighted by Gasteiger charge is -2.75. The number of likely N-dealkylation sites (tertiary alicyclic amines) is 1. The number of aromatic hydroxyl groups is 1. The summed E-state index contributed by atoms with van der Waals surface area (Å²) in [7, 11) is 4.37. The summed E-state index contributed by atoms with van der Waals surface area (Å²) in [6, 6.07) is 4.55. The second-order valence-electron chi connectivity index (χ2n) is 14.7. The van der Waals surface area contributed by atoms with Crippen LogP contribution in [0.3, 0.4) is 0 Å². The Labute approximate surface area is 210 Å². The zero-order valence-corrected chi connectivity index (χ0v) is 22.5. The van der Waals surface area contributed by atoms with Gasteiger partial charge in [0, 0.05) is 42.8 Å². The predicted molar refractivity (Wildman–Crippen MR) is 135 cm³/mol. The van der Waals surface area contributed by atoms with Gasteiger partial charge in [-0.15, -0.1) is 0 Å². The first-order valence-electron chi connectivity index (χ1n) is 14.0. The van der Waals surface area contributed by atoms with E-state index in [-0.39, 0.29) is 34.0 Å². The monoisotopic (exact) mass is 482 g/mol. The minimum atomic E-state index is -0.910. The molecule has 4 bridgehead atoms. The van der Waals surface area contributed by atoms with Crippen LogP contribution < -0.4 is 4.74 Å². The number of hydrogen-bond donors (Lipinski definition) is 2. The van der Waals surface area contributed by atoms with Crippen LogP contribution >= 0.6 is 0 Å². The number of ether oxygens (including phenoxy) is 2. The Hall–Kier alpha value is -1.30. The van der Waals surface area contributed by atoms with Gasteiger partial charge in [-0.3, -0.25) is 0 Å². The number of fused-ring (bicyclic) bond motifs is 2. The van der Waals surface area contributed by atoms with Gasteiger partial charge in [0.15, 0.2) is 11.5 Å². The first kappa shape index (κ1) is 22.9. The summed E-state index contributed by atoms with van der Waals surface area (Å²) >= 11 is 0. The maximum atomic E-state index is 12.3. The van der Waals surface area contributed by atoms with Crippen LogP contribution in [0.15, 0.2) is 12.1 Å². The number of aliphatic hydroxyl groups is 1. The summed E-state index contributed by atoms with van der Waals surface area (Å²) in [4.78, 5) is 0. The lowest BCUT2D eigenvalue weighted by atomic mass is 9.33. The first-order chi connectivity index (χ1) is 16.4. The highest BCUT2D eigenvalue weighted by molar-refractivity contribution is 5.63. The summed E-state index contributed by atoms with van der Waals surface area (Å²) in [5, 5.41) is 23.3. The minimum Gasteiger partial charge on any atom is -0.504 e. The maximum Gasteiger partial charge on any atom is 0.165 e. The van der Waals surface area contributed by atoms with Crippen molar-refractivity contribution in [1.82, 2.24) is 0 Å². The van der Waals surface area contributed by atoms with E-state index < -0.39 is 11.2 Å². The highest BCUT2D eigenvalue weighted by Crippen LogP contribution is 2.78. The molecule has 7 aliphatic rings. The fourth-order valence-corrected chi connectivity index (χ4v) is 10.3. The van der Waals surface area contributed by atoms with E-state index in [0.717, 1.165) is 49.0 Å². The molecule has 1 unspecified atom stereocenters. The minimum absolute atomic E-state index is 0.0279. The number of likely N-dealkylation sites (N-methyl/N-ethyl adjacent to an activating group) is 1. The molecule has 2 aliphatic heterocycles. The average molecular weight is 483 g/mol. The van der Waals surface area contributed by atoms with E-state index in [1.54, 1.807) is 0 Å². The van der Waals surface area contributed by atoms with Crippen molar-refractivity contribution in [2.24, 2.45) is 22.7 Å². The number of methoxy groups -OCH3 is 1. The molecule has 5 nitrogen and oxygen atoms in total. The van der Waals surface area contributed by atoms with E-state index in [9.17, 15) is 10.2 Å². The Balaban J connectivity index is 1.50. The van der Waals surface area contributed by atoms with Crippen molar-refractivity contribution < 1.29 is 24.2 Å². The summed E-state index contributed by atoms with van der Waals surface area (Å²) in [6.45, 7) is 11.0. The molecule has 35 heavy (non-hydrogen) atoms. The standard InChI is InChI=1S/C30H43NO4/c1-26(2,3)27(4,33)21-16-28-11-12-30(21,34-6)25-29(28)13-14-31(5,17-18-7-8-18)22(28)15-19-9-10-20(32)24(35-25)23(19)29/h9-10,18,21-22,25,33H,7-8,11-17H2,1-6H3/p+1/t21-,22-,25-,27?,28-,29+,30+,31-/m0/s1. The molecule has 2 heterocycles. The van der Waals surface area contributed by atoms with Crippen LogP contribution in [0.25, 0.3) is 0 Å². The van der Waals surface area contributed by atoms with Gasteiger partial charge >= 0.3 is 0 Å². The fourth-order valence-electron chi connectivity index (χ4n) is 10.3. The zero-order chi connectivity index (χ0) is 24.8. The highest BCUT2D eigenvalue weighted by atomic mass is 16.6. The third-order valence-corrected chi connectivity index (χ3v) is 12.6. The van der Waals surface area contributed by atoms with E-state index in [2.05, 4.69) is 33.9 Å². The number of phenolic OH excluding ortho intramolecular Hbond substituents is 1. The van der Waals surface area contributed by atoms with Crippen LogP contribution in [0, 0.1) is 22.7 Å². The second kappa shape index (κ2) is 6.39. The summed E-state index contributed by atoms with van der Waals surface area (Å²) < 4.78 is 14.7. The van der Waals surface area contributed by atoms with Crippen molar-refractivity contribution >= 4 is 0 Å². The van der Waals surface area contributed by atoms with Crippen LogP contribution in [-0.4, -0.2) is 65.3 Å². The number of quaternary nitrogens is 1. The molecule has 1 aromatic carbocycles. The van der Waals surface area contributed by atoms with Gasteiger partial charge in [-0.25, -0.2) is 0 Å². The molecule has 5 fully saturated rings. The maximum absolute atomic E-state index is 12.3. The van der Waals surface area contributed by atoms with Crippen molar-refractivity contribution in [3.8, 4) is 11.5 Å². The van der Waals surface area contributed by atoms with Gasteiger partial charge in [-0.05, 0) is 56.1 Å². The van der Waals surface area contributed by atoms with Gasteiger partial charge < -0.3 is 24.2 Å². The average Bonchev–Trinajstić information content (AvgIpc) is 3.52. The Kier molecular flexibility index (Phi) is 4.18. The van der Waals surface area contributed by atoms with Crippen LogP contribution in [0.2, 0.25) is 0 Å². The lowest BCUT2D eigenvalue weighted by molar-refractivity contribution is -0.952. The highest BCUT2D eigenvalue weighted by Gasteiger charge is 2.84.